The van der Waals surface area contributed by atoms with Crippen molar-refractivity contribution in [3.8, 4) is 0 Å². The molecule has 2 rings (SSSR count). The standard InChI is InChI=1S/C14H19N3O4/c1-2-11(9-21-14(18)10-4-3-5-10)16-13-7-6-12(8-15-13)17(19)20/h6-8,10-11H,2-5,9H2,1H3,(H,15,16). The van der Waals surface area contributed by atoms with Gasteiger partial charge in [-0.2, -0.15) is 0 Å². The number of carbonyl (C=O) groups excluding carboxylic acids is 1. The fourth-order valence-electron chi connectivity index (χ4n) is 1.99. The van der Waals surface area contributed by atoms with Crippen molar-refractivity contribution in [3.05, 3.63) is 28.4 Å². The van der Waals surface area contributed by atoms with Crippen molar-refractivity contribution in [1.29, 1.82) is 0 Å². The lowest BCUT2D eigenvalue weighted by atomic mass is 9.86. The molecule has 7 heteroatoms. The second kappa shape index (κ2) is 7.01. The number of pyridine rings is 1. The molecule has 1 aliphatic rings. The van der Waals surface area contributed by atoms with Crippen molar-refractivity contribution < 1.29 is 14.5 Å². The van der Waals surface area contributed by atoms with Gasteiger partial charge in [-0.3, -0.25) is 14.9 Å². The number of anilines is 1. The maximum Gasteiger partial charge on any atom is 0.309 e. The number of nitrogens with zero attached hydrogens (tertiary/aromatic N) is 2. The molecule has 1 aliphatic carbocycles. The maximum absolute atomic E-state index is 11.7. The molecule has 1 fully saturated rings. The van der Waals surface area contributed by atoms with Gasteiger partial charge in [0.1, 0.15) is 18.6 Å². The van der Waals surface area contributed by atoms with Crippen LogP contribution in [-0.2, 0) is 9.53 Å². The normalized spacial score (nSPS) is 15.9. The van der Waals surface area contributed by atoms with E-state index in [0.717, 1.165) is 25.7 Å². The van der Waals surface area contributed by atoms with Crippen LogP contribution < -0.4 is 5.32 Å². The van der Waals surface area contributed by atoms with Crippen LogP contribution in [0.15, 0.2) is 18.3 Å². The molecule has 7 nitrogen and oxygen atoms in total. The lowest BCUT2D eigenvalue weighted by Gasteiger charge is -2.25. The van der Waals surface area contributed by atoms with E-state index in [9.17, 15) is 14.9 Å². The van der Waals surface area contributed by atoms with Crippen LogP contribution in [0.25, 0.3) is 0 Å². The Morgan fingerprint density at radius 3 is 2.81 bits per heavy atom. The molecule has 0 spiro atoms. The van der Waals surface area contributed by atoms with E-state index in [4.69, 9.17) is 4.74 Å². The number of hydrogen-bond donors (Lipinski definition) is 1. The van der Waals surface area contributed by atoms with E-state index >= 15 is 0 Å². The first-order valence-corrected chi connectivity index (χ1v) is 7.13. The van der Waals surface area contributed by atoms with E-state index in [1.165, 1.54) is 12.3 Å². The van der Waals surface area contributed by atoms with Crippen LogP contribution in [0.3, 0.4) is 0 Å². The van der Waals surface area contributed by atoms with Crippen LogP contribution in [0.2, 0.25) is 0 Å². The summed E-state index contributed by atoms with van der Waals surface area (Å²) >= 11 is 0. The quantitative estimate of drug-likeness (QED) is 0.471. The fourth-order valence-corrected chi connectivity index (χ4v) is 1.99. The molecule has 0 amide bonds. The highest BCUT2D eigenvalue weighted by Crippen LogP contribution is 2.27. The van der Waals surface area contributed by atoms with E-state index in [2.05, 4.69) is 10.3 Å². The molecule has 0 aliphatic heterocycles. The third kappa shape index (κ3) is 4.14. The molecule has 0 saturated heterocycles. The number of aromatic nitrogens is 1. The first kappa shape index (κ1) is 15.2. The highest BCUT2D eigenvalue weighted by Gasteiger charge is 2.27. The molecule has 0 aromatic carbocycles. The second-order valence-corrected chi connectivity index (χ2v) is 5.17. The Labute approximate surface area is 122 Å². The minimum absolute atomic E-state index is 0.0509. The Hall–Kier alpha value is -2.18. The topological polar surface area (TPSA) is 94.4 Å². The molecule has 0 radical (unpaired) electrons. The lowest BCUT2D eigenvalue weighted by molar-refractivity contribution is -0.385. The Bertz CT molecular complexity index is 499. The molecule has 0 bridgehead atoms. The van der Waals surface area contributed by atoms with E-state index in [-0.39, 0.29) is 30.2 Å². The molecule has 21 heavy (non-hydrogen) atoms. The average Bonchev–Trinajstić information content (AvgIpc) is 2.42. The van der Waals surface area contributed by atoms with Gasteiger partial charge in [-0.15, -0.1) is 0 Å². The van der Waals surface area contributed by atoms with Crippen LogP contribution in [0.5, 0.6) is 0 Å². The number of hydrogen-bond acceptors (Lipinski definition) is 6. The van der Waals surface area contributed by atoms with Gasteiger partial charge in [0.15, 0.2) is 0 Å². The number of nitro groups is 1. The van der Waals surface area contributed by atoms with Gasteiger partial charge in [0.05, 0.1) is 16.9 Å². The summed E-state index contributed by atoms with van der Waals surface area (Å²) in [6.07, 6.45) is 4.91. The summed E-state index contributed by atoms with van der Waals surface area (Å²) in [5, 5.41) is 13.7. The molecule has 114 valence electrons. The zero-order valence-corrected chi connectivity index (χ0v) is 11.9. The smallest absolute Gasteiger partial charge is 0.309 e. The van der Waals surface area contributed by atoms with Crippen molar-refractivity contribution in [2.45, 2.75) is 38.6 Å². The summed E-state index contributed by atoms with van der Waals surface area (Å²) in [5.41, 5.74) is -0.0509. The van der Waals surface area contributed by atoms with Gasteiger partial charge in [0, 0.05) is 6.07 Å². The van der Waals surface area contributed by atoms with Crippen LogP contribution >= 0.6 is 0 Å². The predicted octanol–water partition coefficient (Wildman–Crippen LogP) is 2.52. The van der Waals surface area contributed by atoms with Crippen molar-refractivity contribution >= 4 is 17.5 Å². The summed E-state index contributed by atoms with van der Waals surface area (Å²) in [6.45, 7) is 2.25. The number of ether oxygens (including phenoxy) is 1. The van der Waals surface area contributed by atoms with Gasteiger partial charge in [-0.1, -0.05) is 13.3 Å². The summed E-state index contributed by atoms with van der Waals surface area (Å²) in [4.78, 5) is 25.7. The van der Waals surface area contributed by atoms with Crippen LogP contribution in [0.1, 0.15) is 32.6 Å². The summed E-state index contributed by atoms with van der Waals surface area (Å²) < 4.78 is 5.30. The zero-order chi connectivity index (χ0) is 15.2. The Kier molecular flexibility index (Phi) is 5.08. The second-order valence-electron chi connectivity index (χ2n) is 5.17. The van der Waals surface area contributed by atoms with E-state index in [1.54, 1.807) is 6.07 Å². The molecule has 1 aromatic rings. The van der Waals surface area contributed by atoms with Gasteiger partial charge < -0.3 is 10.1 Å². The zero-order valence-electron chi connectivity index (χ0n) is 11.9. The van der Waals surface area contributed by atoms with Crippen LogP contribution in [0, 0.1) is 16.0 Å². The molecule has 1 unspecified atom stereocenters. The number of carbonyl (C=O) groups is 1. The van der Waals surface area contributed by atoms with Crippen molar-refractivity contribution in [2.24, 2.45) is 5.92 Å². The largest absolute Gasteiger partial charge is 0.463 e. The molecular weight excluding hydrogens is 274 g/mol. The summed E-state index contributed by atoms with van der Waals surface area (Å²) in [5.74, 6) is 0.477. The summed E-state index contributed by atoms with van der Waals surface area (Å²) in [7, 11) is 0. The third-order valence-electron chi connectivity index (χ3n) is 3.67. The molecule has 1 aromatic heterocycles. The molecular formula is C14H19N3O4. The van der Waals surface area contributed by atoms with Gasteiger partial charge in [-0.05, 0) is 25.3 Å². The monoisotopic (exact) mass is 293 g/mol. The Morgan fingerprint density at radius 1 is 1.57 bits per heavy atom. The van der Waals surface area contributed by atoms with Gasteiger partial charge >= 0.3 is 5.97 Å². The first-order valence-electron chi connectivity index (χ1n) is 7.13. The van der Waals surface area contributed by atoms with E-state index in [0.29, 0.717) is 5.82 Å². The van der Waals surface area contributed by atoms with Crippen LogP contribution in [-0.4, -0.2) is 28.5 Å². The lowest BCUT2D eigenvalue weighted by Crippen LogP contribution is -2.31. The Balaban J connectivity index is 1.83. The van der Waals surface area contributed by atoms with Crippen molar-refractivity contribution in [1.82, 2.24) is 4.98 Å². The first-order chi connectivity index (χ1) is 10.1. The van der Waals surface area contributed by atoms with Crippen molar-refractivity contribution in [2.75, 3.05) is 11.9 Å². The highest BCUT2D eigenvalue weighted by atomic mass is 16.6. The number of rotatable bonds is 7. The third-order valence-corrected chi connectivity index (χ3v) is 3.67. The maximum atomic E-state index is 11.7. The molecule has 1 saturated carbocycles. The summed E-state index contributed by atoms with van der Waals surface area (Å²) in [6, 6.07) is 2.89. The minimum atomic E-state index is -0.492. The fraction of sp³-hybridized carbons (Fsp3) is 0.571. The van der Waals surface area contributed by atoms with E-state index < -0.39 is 4.92 Å². The molecule has 1 N–H and O–H groups in total. The average molecular weight is 293 g/mol. The van der Waals surface area contributed by atoms with Gasteiger partial charge in [-0.25, -0.2) is 4.98 Å². The van der Waals surface area contributed by atoms with Gasteiger partial charge in [0.25, 0.3) is 5.69 Å². The highest BCUT2D eigenvalue weighted by molar-refractivity contribution is 5.73. The predicted molar refractivity (Wildman–Crippen MR) is 76.9 cm³/mol. The van der Waals surface area contributed by atoms with Crippen LogP contribution in [0.4, 0.5) is 11.5 Å². The van der Waals surface area contributed by atoms with E-state index in [1.807, 2.05) is 6.92 Å². The number of esters is 1. The molecule has 1 heterocycles. The van der Waals surface area contributed by atoms with Crippen molar-refractivity contribution in [3.63, 3.8) is 0 Å². The minimum Gasteiger partial charge on any atom is -0.463 e. The SMILES string of the molecule is CCC(COC(=O)C1CCC1)Nc1ccc([N+](=O)[O-])cn1. The Morgan fingerprint density at radius 2 is 2.33 bits per heavy atom. The number of nitrogens with one attached hydrogen (secondary N) is 1. The molecule has 1 atom stereocenters. The van der Waals surface area contributed by atoms with Gasteiger partial charge in [0.2, 0.25) is 0 Å².